The van der Waals surface area contributed by atoms with Crippen molar-refractivity contribution in [2.75, 3.05) is 19.5 Å². The minimum atomic E-state index is -0.582. The van der Waals surface area contributed by atoms with E-state index in [-0.39, 0.29) is 33.3 Å². The Morgan fingerprint density at radius 3 is 2.32 bits per heavy atom. The van der Waals surface area contributed by atoms with Gasteiger partial charge in [0.15, 0.2) is 0 Å². The number of nitrogens with one attached hydrogen (secondary N) is 2. The number of hydrogen-bond acceptors (Lipinski definition) is 8. The number of pyridine rings is 1. The van der Waals surface area contributed by atoms with E-state index in [1.807, 2.05) is 20.8 Å². The molecule has 2 N–H and O–H groups in total. The quantitative estimate of drug-likeness (QED) is 0.421. The predicted molar refractivity (Wildman–Crippen MR) is 148 cm³/mol. The van der Waals surface area contributed by atoms with Crippen molar-refractivity contribution >= 4 is 46.3 Å². The van der Waals surface area contributed by atoms with Crippen LogP contribution in [0.3, 0.4) is 0 Å². The molecule has 1 amide bonds. The molecule has 0 radical (unpaired) electrons. The molecule has 0 spiro atoms. The fraction of sp³-hybridized carbons (Fsp3) is 0.462. The van der Waals surface area contributed by atoms with Crippen LogP contribution in [-0.2, 0) is 11.8 Å². The summed E-state index contributed by atoms with van der Waals surface area (Å²) in [5.41, 5.74) is 0.0473. The molecular weight excluding hydrogens is 533 g/mol. The van der Waals surface area contributed by atoms with E-state index in [1.54, 1.807) is 25.4 Å². The molecule has 0 aliphatic heterocycles. The Morgan fingerprint density at radius 1 is 1.08 bits per heavy atom. The minimum Gasteiger partial charge on any atom is -0.495 e. The van der Waals surface area contributed by atoms with Gasteiger partial charge in [0, 0.05) is 36.3 Å². The van der Waals surface area contributed by atoms with E-state index in [0.29, 0.717) is 34.0 Å². The van der Waals surface area contributed by atoms with Gasteiger partial charge in [-0.25, -0.2) is 9.78 Å². The molecule has 2 unspecified atom stereocenters. The summed E-state index contributed by atoms with van der Waals surface area (Å²) in [4.78, 5) is 34.8. The van der Waals surface area contributed by atoms with Crippen molar-refractivity contribution in [3.05, 3.63) is 38.7 Å². The van der Waals surface area contributed by atoms with Crippen molar-refractivity contribution in [3.8, 4) is 22.6 Å². The van der Waals surface area contributed by atoms with Gasteiger partial charge in [-0.1, -0.05) is 23.2 Å². The zero-order valence-corrected chi connectivity index (χ0v) is 23.7. The normalized spacial score (nSPS) is 17.4. The number of halogens is 2. The molecule has 12 heteroatoms. The lowest BCUT2D eigenvalue weighted by atomic mass is 10.0. The van der Waals surface area contributed by atoms with Crippen LogP contribution in [0.4, 0.5) is 10.7 Å². The number of nitrogens with zero attached hydrogens (tertiary/aromatic N) is 3. The van der Waals surface area contributed by atoms with Gasteiger partial charge >= 0.3 is 6.09 Å². The van der Waals surface area contributed by atoms with Crippen LogP contribution in [0.25, 0.3) is 22.2 Å². The van der Waals surface area contributed by atoms with Gasteiger partial charge < -0.3 is 24.8 Å². The largest absolute Gasteiger partial charge is 0.495 e. The van der Waals surface area contributed by atoms with Gasteiger partial charge in [0.2, 0.25) is 5.95 Å². The van der Waals surface area contributed by atoms with Crippen LogP contribution in [0.2, 0.25) is 10.0 Å². The highest BCUT2D eigenvalue weighted by Crippen LogP contribution is 2.45. The van der Waals surface area contributed by atoms with Gasteiger partial charge in [-0.15, -0.1) is 0 Å². The first-order chi connectivity index (χ1) is 17.9. The number of hydrogen-bond donors (Lipinski definition) is 2. The molecule has 1 fully saturated rings. The molecule has 2 atom stereocenters. The molecular formula is C26H31Cl2N5O5. The van der Waals surface area contributed by atoms with E-state index in [2.05, 4.69) is 20.6 Å². The molecule has 3 aromatic rings. The SMILES string of the molecule is COc1cc(OC)c(Cl)c(-c2cc3cnc(NC4CCCC4NC(=O)OC(C)(C)C)nc3n(C)c2=O)c1Cl. The molecule has 1 aliphatic rings. The first-order valence-corrected chi connectivity index (χ1v) is 12.9. The second-order valence-corrected chi connectivity index (χ2v) is 10.9. The highest BCUT2D eigenvalue weighted by molar-refractivity contribution is 6.41. The summed E-state index contributed by atoms with van der Waals surface area (Å²) < 4.78 is 17.5. The number of ether oxygens (including phenoxy) is 3. The Bertz CT molecular complexity index is 1410. The molecule has 0 saturated heterocycles. The van der Waals surface area contributed by atoms with E-state index in [0.717, 1.165) is 19.3 Å². The average molecular weight is 564 g/mol. The summed E-state index contributed by atoms with van der Waals surface area (Å²) in [5, 5.41) is 7.24. The maximum absolute atomic E-state index is 13.5. The highest BCUT2D eigenvalue weighted by Gasteiger charge is 2.31. The van der Waals surface area contributed by atoms with Gasteiger partial charge in [-0.2, -0.15) is 4.98 Å². The second-order valence-electron chi connectivity index (χ2n) is 10.1. The van der Waals surface area contributed by atoms with Crippen molar-refractivity contribution < 1.29 is 19.0 Å². The van der Waals surface area contributed by atoms with Crippen LogP contribution >= 0.6 is 23.2 Å². The number of amides is 1. The van der Waals surface area contributed by atoms with E-state index in [1.165, 1.54) is 18.8 Å². The average Bonchev–Trinajstić information content (AvgIpc) is 3.27. The molecule has 38 heavy (non-hydrogen) atoms. The lowest BCUT2D eigenvalue weighted by Crippen LogP contribution is -2.45. The predicted octanol–water partition coefficient (Wildman–Crippen LogP) is 5.18. The number of alkyl carbamates (subject to hydrolysis) is 1. The standard InChI is InChI=1S/C26H31Cl2N5O5/c1-26(2,3)38-25(35)31-16-9-7-8-15(16)30-24-29-12-13-10-14(23(34)33(4)22(13)32-24)19-20(27)17(36-5)11-18(37-6)21(19)28/h10-12,15-16H,7-9H2,1-6H3,(H,31,35)(H,29,30,32). The fourth-order valence-corrected chi connectivity index (χ4v) is 5.25. The van der Waals surface area contributed by atoms with Gasteiger partial charge in [0.25, 0.3) is 5.56 Å². The van der Waals surface area contributed by atoms with E-state index >= 15 is 0 Å². The Hall–Kier alpha value is -3.24. The third kappa shape index (κ3) is 5.61. The maximum atomic E-state index is 13.5. The number of carbonyl (C=O) groups is 1. The molecule has 10 nitrogen and oxygen atoms in total. The molecule has 1 aliphatic carbocycles. The van der Waals surface area contributed by atoms with Crippen LogP contribution in [0, 0.1) is 0 Å². The van der Waals surface area contributed by atoms with Crippen LogP contribution in [0.5, 0.6) is 11.5 Å². The van der Waals surface area contributed by atoms with Crippen molar-refractivity contribution in [2.24, 2.45) is 7.05 Å². The number of anilines is 1. The van der Waals surface area contributed by atoms with E-state index in [9.17, 15) is 9.59 Å². The first kappa shape index (κ1) is 27.8. The van der Waals surface area contributed by atoms with Crippen molar-refractivity contribution in [1.29, 1.82) is 0 Å². The molecule has 1 aromatic carbocycles. The summed E-state index contributed by atoms with van der Waals surface area (Å²) in [5.74, 6) is 1.00. The smallest absolute Gasteiger partial charge is 0.407 e. The van der Waals surface area contributed by atoms with E-state index < -0.39 is 11.7 Å². The van der Waals surface area contributed by atoms with Gasteiger partial charge in [-0.3, -0.25) is 9.36 Å². The maximum Gasteiger partial charge on any atom is 0.407 e. The van der Waals surface area contributed by atoms with E-state index in [4.69, 9.17) is 37.4 Å². The Balaban J connectivity index is 1.66. The summed E-state index contributed by atoms with van der Waals surface area (Å²) >= 11 is 13.1. The Kier molecular flexibility index (Phi) is 7.94. The summed E-state index contributed by atoms with van der Waals surface area (Å²) in [7, 11) is 4.56. The van der Waals surface area contributed by atoms with Crippen LogP contribution in [0.1, 0.15) is 40.0 Å². The summed E-state index contributed by atoms with van der Waals surface area (Å²) in [6.07, 6.45) is 3.72. The number of aromatic nitrogens is 3. The third-order valence-corrected chi connectivity index (χ3v) is 7.07. The Labute approximate surface area is 230 Å². The zero-order chi connectivity index (χ0) is 27.8. The summed E-state index contributed by atoms with van der Waals surface area (Å²) in [6, 6.07) is 2.99. The topological polar surface area (TPSA) is 117 Å². The van der Waals surface area contributed by atoms with Crippen LogP contribution in [-0.4, -0.2) is 52.5 Å². The second kappa shape index (κ2) is 10.9. The minimum absolute atomic E-state index is 0.0851. The van der Waals surface area contributed by atoms with Crippen molar-refractivity contribution in [3.63, 3.8) is 0 Å². The van der Waals surface area contributed by atoms with Crippen molar-refractivity contribution in [1.82, 2.24) is 19.9 Å². The molecule has 1 saturated carbocycles. The number of aryl methyl sites for hydroxylation is 1. The molecule has 2 heterocycles. The molecule has 204 valence electrons. The van der Waals surface area contributed by atoms with Gasteiger partial charge in [0.05, 0.1) is 35.9 Å². The number of methoxy groups -OCH3 is 2. The first-order valence-electron chi connectivity index (χ1n) is 12.2. The molecule has 0 bridgehead atoms. The number of benzene rings is 1. The third-order valence-electron chi connectivity index (χ3n) is 6.32. The highest BCUT2D eigenvalue weighted by atomic mass is 35.5. The van der Waals surface area contributed by atoms with Gasteiger partial charge in [-0.05, 0) is 46.1 Å². The van der Waals surface area contributed by atoms with Crippen LogP contribution < -0.4 is 25.7 Å². The number of rotatable bonds is 6. The van der Waals surface area contributed by atoms with Crippen LogP contribution in [0.15, 0.2) is 23.1 Å². The lowest BCUT2D eigenvalue weighted by molar-refractivity contribution is 0.0503. The summed E-state index contributed by atoms with van der Waals surface area (Å²) in [6.45, 7) is 5.47. The fourth-order valence-electron chi connectivity index (χ4n) is 4.55. The zero-order valence-electron chi connectivity index (χ0n) is 22.1. The molecule has 2 aromatic heterocycles. The number of fused-ring (bicyclic) bond motifs is 1. The van der Waals surface area contributed by atoms with Crippen molar-refractivity contribution in [2.45, 2.75) is 57.7 Å². The number of carbonyl (C=O) groups excluding carboxylic acids is 1. The lowest BCUT2D eigenvalue weighted by Gasteiger charge is -2.25. The van der Waals surface area contributed by atoms with Gasteiger partial charge in [0.1, 0.15) is 22.7 Å². The Morgan fingerprint density at radius 2 is 1.71 bits per heavy atom. The monoisotopic (exact) mass is 563 g/mol. The molecule has 4 rings (SSSR count).